The zero-order valence-electron chi connectivity index (χ0n) is 22.3. The predicted octanol–water partition coefficient (Wildman–Crippen LogP) is 9.37. The van der Waals surface area contributed by atoms with Crippen LogP contribution in [0.3, 0.4) is 0 Å². The molecule has 0 aliphatic heterocycles. The van der Waals surface area contributed by atoms with Gasteiger partial charge in [-0.05, 0) is 53.8 Å². The van der Waals surface area contributed by atoms with Gasteiger partial charge in [-0.1, -0.05) is 75.2 Å². The molecule has 0 amide bonds. The Morgan fingerprint density at radius 3 is 1.62 bits per heavy atom. The molecular weight excluding hydrogens is 501 g/mol. The molecule has 0 bridgehead atoms. The van der Waals surface area contributed by atoms with Crippen LogP contribution in [0, 0.1) is 17.5 Å². The second-order valence-electron chi connectivity index (χ2n) is 9.29. The van der Waals surface area contributed by atoms with Crippen LogP contribution in [0.1, 0.15) is 45.1 Å². The van der Waals surface area contributed by atoms with Crippen molar-refractivity contribution in [2.75, 3.05) is 13.2 Å². The molecule has 4 aromatic carbocycles. The highest BCUT2D eigenvalue weighted by atomic mass is 19.2. The monoisotopic (exact) mass is 534 g/mol. The summed E-state index contributed by atoms with van der Waals surface area (Å²) in [5.74, 6) is -1.04. The minimum absolute atomic E-state index is 0.117. The molecule has 0 fully saturated rings. The van der Waals surface area contributed by atoms with Gasteiger partial charge in [0.05, 0.1) is 13.2 Å². The van der Waals surface area contributed by atoms with Crippen LogP contribution in [0.15, 0.2) is 78.9 Å². The van der Waals surface area contributed by atoms with Crippen molar-refractivity contribution in [1.82, 2.24) is 0 Å². The van der Waals surface area contributed by atoms with Gasteiger partial charge in [-0.3, -0.25) is 0 Å². The highest BCUT2D eigenvalue weighted by Gasteiger charge is 2.16. The molecule has 0 aliphatic rings. The van der Waals surface area contributed by atoms with Gasteiger partial charge in [0.15, 0.2) is 23.2 Å². The van der Waals surface area contributed by atoms with E-state index in [1.54, 1.807) is 66.7 Å². The smallest absolute Gasteiger partial charge is 0.168 e. The number of halogens is 3. The number of rotatable bonds is 13. The summed E-state index contributed by atoms with van der Waals surface area (Å²) in [4.78, 5) is 0. The molecule has 0 spiro atoms. The van der Waals surface area contributed by atoms with Crippen molar-refractivity contribution >= 4 is 0 Å². The Balaban J connectivity index is 1.40. The first-order chi connectivity index (χ1) is 19.0. The molecule has 204 valence electrons. The van der Waals surface area contributed by atoms with Crippen LogP contribution in [0.2, 0.25) is 0 Å². The maximum atomic E-state index is 15.1. The average Bonchev–Trinajstić information content (AvgIpc) is 2.95. The number of hydrogen-bond donors (Lipinski definition) is 0. The van der Waals surface area contributed by atoms with Crippen molar-refractivity contribution in [3.05, 3.63) is 102 Å². The van der Waals surface area contributed by atoms with Crippen LogP contribution >= 0.6 is 0 Å². The normalized spacial score (nSPS) is 10.9. The Labute approximate surface area is 228 Å². The number of benzene rings is 4. The summed E-state index contributed by atoms with van der Waals surface area (Å²) < 4.78 is 61.3. The zero-order valence-corrected chi connectivity index (χ0v) is 22.3. The van der Waals surface area contributed by atoms with Gasteiger partial charge >= 0.3 is 0 Å². The lowest BCUT2D eigenvalue weighted by atomic mass is 9.98. The highest BCUT2D eigenvalue weighted by Crippen LogP contribution is 2.32. The van der Waals surface area contributed by atoms with Gasteiger partial charge in [-0.15, -0.1) is 0 Å². The van der Waals surface area contributed by atoms with E-state index < -0.39 is 17.5 Å². The molecule has 0 aliphatic carbocycles. The van der Waals surface area contributed by atoms with Crippen molar-refractivity contribution in [3.63, 3.8) is 0 Å². The Bertz CT molecular complexity index is 1350. The highest BCUT2D eigenvalue weighted by molar-refractivity contribution is 5.72. The van der Waals surface area contributed by atoms with E-state index in [4.69, 9.17) is 14.2 Å². The summed E-state index contributed by atoms with van der Waals surface area (Å²) in [5, 5.41) is 0. The van der Waals surface area contributed by atoms with Crippen molar-refractivity contribution < 1.29 is 27.4 Å². The third kappa shape index (κ3) is 7.34. The Hall–Kier alpha value is -3.93. The Morgan fingerprint density at radius 1 is 0.564 bits per heavy atom. The van der Waals surface area contributed by atoms with Crippen LogP contribution in [0.5, 0.6) is 17.2 Å². The van der Waals surface area contributed by atoms with Crippen molar-refractivity contribution in [1.29, 1.82) is 0 Å². The van der Waals surface area contributed by atoms with Crippen LogP contribution in [0.25, 0.3) is 22.3 Å². The number of unbranched alkanes of at least 4 members (excludes halogenated alkanes) is 2. The van der Waals surface area contributed by atoms with E-state index in [0.717, 1.165) is 31.2 Å². The molecule has 0 saturated heterocycles. The van der Waals surface area contributed by atoms with Crippen molar-refractivity contribution in [3.8, 4) is 39.5 Å². The predicted molar refractivity (Wildman–Crippen MR) is 149 cm³/mol. The molecule has 0 heterocycles. The van der Waals surface area contributed by atoms with Gasteiger partial charge in [-0.2, -0.15) is 0 Å². The van der Waals surface area contributed by atoms with E-state index in [1.165, 1.54) is 12.1 Å². The van der Waals surface area contributed by atoms with Gasteiger partial charge in [0.2, 0.25) is 0 Å². The quantitative estimate of drug-likeness (QED) is 0.160. The Morgan fingerprint density at radius 2 is 1.08 bits per heavy atom. The second kappa shape index (κ2) is 13.7. The molecule has 0 atom stereocenters. The minimum atomic E-state index is -0.914. The molecule has 0 N–H and O–H groups in total. The molecular formula is C33H33F3O3. The maximum absolute atomic E-state index is 15.1. The third-order valence-corrected chi connectivity index (χ3v) is 6.34. The first-order valence-electron chi connectivity index (χ1n) is 13.4. The molecule has 6 heteroatoms. The molecule has 39 heavy (non-hydrogen) atoms. The third-order valence-electron chi connectivity index (χ3n) is 6.34. The van der Waals surface area contributed by atoms with E-state index in [-0.39, 0.29) is 23.5 Å². The molecule has 4 aromatic rings. The van der Waals surface area contributed by atoms with E-state index >= 15 is 8.78 Å². The lowest BCUT2D eigenvalue weighted by Gasteiger charge is -2.12. The summed E-state index contributed by atoms with van der Waals surface area (Å²) in [6.45, 7) is 5.44. The van der Waals surface area contributed by atoms with Gasteiger partial charge < -0.3 is 14.2 Å². The van der Waals surface area contributed by atoms with Crippen LogP contribution in [-0.4, -0.2) is 13.2 Å². The molecule has 4 rings (SSSR count). The summed E-state index contributed by atoms with van der Waals surface area (Å²) in [7, 11) is 0. The standard InChI is InChI=1S/C33H33F3O3/c1-3-5-19-37-26-13-11-25(12-14-26)29-17-16-28(32(35)33(29)36)24-9-7-23(8-10-24)22-39-31-18-15-27(21-30(31)34)38-20-6-4-2/h7-18,21H,3-6,19-20,22H2,1-2H3. The van der Waals surface area contributed by atoms with Crippen molar-refractivity contribution in [2.24, 2.45) is 0 Å². The fourth-order valence-electron chi connectivity index (χ4n) is 4.02. The lowest BCUT2D eigenvalue weighted by Crippen LogP contribution is -2.00. The molecule has 0 aromatic heterocycles. The van der Waals surface area contributed by atoms with Gasteiger partial charge in [0, 0.05) is 17.2 Å². The number of ether oxygens (including phenoxy) is 3. The van der Waals surface area contributed by atoms with Crippen molar-refractivity contribution in [2.45, 2.75) is 46.1 Å². The van der Waals surface area contributed by atoms with Gasteiger partial charge in [0.1, 0.15) is 18.1 Å². The molecule has 0 radical (unpaired) electrons. The summed E-state index contributed by atoms with van der Waals surface area (Å²) in [5.41, 5.74) is 2.21. The lowest BCUT2D eigenvalue weighted by molar-refractivity contribution is 0.284. The topological polar surface area (TPSA) is 27.7 Å². The number of hydrogen-bond acceptors (Lipinski definition) is 3. The average molecular weight is 535 g/mol. The largest absolute Gasteiger partial charge is 0.494 e. The molecule has 0 unspecified atom stereocenters. The van der Waals surface area contributed by atoms with Gasteiger partial charge in [0.25, 0.3) is 0 Å². The fraction of sp³-hybridized carbons (Fsp3) is 0.273. The van der Waals surface area contributed by atoms with Gasteiger partial charge in [-0.25, -0.2) is 13.2 Å². The summed E-state index contributed by atoms with van der Waals surface area (Å²) in [6.07, 6.45) is 3.90. The van der Waals surface area contributed by atoms with E-state index in [0.29, 0.717) is 35.8 Å². The molecule has 3 nitrogen and oxygen atoms in total. The summed E-state index contributed by atoms with van der Waals surface area (Å²) >= 11 is 0. The summed E-state index contributed by atoms with van der Waals surface area (Å²) in [6, 6.07) is 21.5. The minimum Gasteiger partial charge on any atom is -0.494 e. The zero-order chi connectivity index (χ0) is 27.6. The maximum Gasteiger partial charge on any atom is 0.168 e. The first kappa shape index (κ1) is 28.1. The van der Waals surface area contributed by atoms with Crippen LogP contribution in [0.4, 0.5) is 13.2 Å². The van der Waals surface area contributed by atoms with E-state index in [1.807, 2.05) is 0 Å². The first-order valence-corrected chi connectivity index (χ1v) is 13.4. The van der Waals surface area contributed by atoms with E-state index in [2.05, 4.69) is 13.8 Å². The van der Waals surface area contributed by atoms with Crippen LogP contribution < -0.4 is 14.2 Å². The van der Waals surface area contributed by atoms with Crippen LogP contribution in [-0.2, 0) is 6.61 Å². The molecule has 0 saturated carbocycles. The van der Waals surface area contributed by atoms with E-state index in [9.17, 15) is 4.39 Å². The fourth-order valence-corrected chi connectivity index (χ4v) is 4.02. The Kier molecular flexibility index (Phi) is 9.90. The second-order valence-corrected chi connectivity index (χ2v) is 9.29. The SMILES string of the molecule is CCCCOc1ccc(-c2ccc(-c3ccc(COc4ccc(OCCCC)cc4F)cc3)c(F)c2F)cc1.